The molecule has 0 radical (unpaired) electrons. The number of phenols is 1. The van der Waals surface area contributed by atoms with E-state index in [0.717, 1.165) is 42.4 Å². The van der Waals surface area contributed by atoms with Gasteiger partial charge in [0.2, 0.25) is 0 Å². The second-order valence-electron chi connectivity index (χ2n) is 9.92. The van der Waals surface area contributed by atoms with Crippen molar-refractivity contribution in [2.75, 3.05) is 33.0 Å². The van der Waals surface area contributed by atoms with Crippen LogP contribution in [0.4, 0.5) is 0 Å². The third-order valence-corrected chi connectivity index (χ3v) is 6.64. The van der Waals surface area contributed by atoms with Crippen LogP contribution in [0.1, 0.15) is 39.9 Å². The number of aliphatic hydroxyl groups excluding tert-OH is 1. The Labute approximate surface area is 229 Å². The van der Waals surface area contributed by atoms with E-state index in [-0.39, 0.29) is 17.9 Å². The second-order valence-corrected chi connectivity index (χ2v) is 9.92. The molecule has 8 nitrogen and oxygen atoms in total. The van der Waals surface area contributed by atoms with E-state index < -0.39 is 12.0 Å². The third-order valence-electron chi connectivity index (χ3n) is 6.64. The van der Waals surface area contributed by atoms with E-state index in [4.69, 9.17) is 19.9 Å². The molecule has 1 fully saturated rings. The number of hydrogen-bond donors (Lipinski definition) is 4. The van der Waals surface area contributed by atoms with Crippen LogP contribution in [0.2, 0.25) is 0 Å². The van der Waals surface area contributed by atoms with Gasteiger partial charge in [0, 0.05) is 26.1 Å². The lowest BCUT2D eigenvalue weighted by molar-refractivity contribution is 0.0997. The number of hydrogen-bond acceptors (Lipinski definition) is 7. The molecule has 1 unspecified atom stereocenters. The van der Waals surface area contributed by atoms with Crippen LogP contribution in [0.25, 0.3) is 0 Å². The number of carbonyl (C=O) groups excluding carboxylic acids is 1. The van der Waals surface area contributed by atoms with Gasteiger partial charge < -0.3 is 35.5 Å². The Morgan fingerprint density at radius 1 is 0.949 bits per heavy atom. The highest BCUT2D eigenvalue weighted by molar-refractivity contribution is 5.95. The van der Waals surface area contributed by atoms with Crippen molar-refractivity contribution < 1.29 is 29.2 Å². The lowest BCUT2D eigenvalue weighted by atomic mass is 10.0. The van der Waals surface area contributed by atoms with Gasteiger partial charge in [0.1, 0.15) is 30.0 Å². The van der Waals surface area contributed by atoms with E-state index in [2.05, 4.69) is 5.32 Å². The predicted molar refractivity (Wildman–Crippen MR) is 149 cm³/mol. The molecule has 8 heteroatoms. The number of carbonyl (C=O) groups is 1. The monoisotopic (exact) mass is 534 g/mol. The van der Waals surface area contributed by atoms with Gasteiger partial charge >= 0.3 is 0 Å². The van der Waals surface area contributed by atoms with E-state index in [1.807, 2.05) is 48.5 Å². The molecular formula is C31H38N2O6. The molecule has 0 heterocycles. The summed E-state index contributed by atoms with van der Waals surface area (Å²) in [7, 11) is 0. The minimum Gasteiger partial charge on any atom is -0.507 e. The maximum absolute atomic E-state index is 11.4. The van der Waals surface area contributed by atoms with E-state index in [0.29, 0.717) is 31.9 Å². The van der Waals surface area contributed by atoms with Gasteiger partial charge in [0.05, 0.1) is 18.8 Å². The number of aliphatic hydroxyl groups is 1. The molecule has 3 aromatic carbocycles. The van der Waals surface area contributed by atoms with Crippen LogP contribution in [0.3, 0.4) is 0 Å². The van der Waals surface area contributed by atoms with Crippen LogP contribution in [-0.2, 0) is 24.1 Å². The first kappa shape index (κ1) is 28.4. The molecule has 0 spiro atoms. The van der Waals surface area contributed by atoms with E-state index in [1.54, 1.807) is 6.07 Å². The number of benzene rings is 3. The zero-order valence-electron chi connectivity index (χ0n) is 22.2. The minimum atomic E-state index is -0.708. The molecular weight excluding hydrogens is 496 g/mol. The van der Waals surface area contributed by atoms with Crippen LogP contribution >= 0.6 is 0 Å². The van der Waals surface area contributed by atoms with Crippen molar-refractivity contribution in [2.45, 2.75) is 38.3 Å². The Hall–Kier alpha value is -3.59. The van der Waals surface area contributed by atoms with Gasteiger partial charge in [-0.2, -0.15) is 0 Å². The van der Waals surface area contributed by atoms with E-state index >= 15 is 0 Å². The molecule has 0 aliphatic heterocycles. The van der Waals surface area contributed by atoms with Gasteiger partial charge in [0.15, 0.2) is 0 Å². The Bertz CT molecular complexity index is 1200. The zero-order valence-corrected chi connectivity index (χ0v) is 22.2. The summed E-state index contributed by atoms with van der Waals surface area (Å²) in [5, 5.41) is 23.4. The van der Waals surface area contributed by atoms with Crippen molar-refractivity contribution in [3.63, 3.8) is 0 Å². The molecule has 1 aliphatic carbocycles. The Balaban J connectivity index is 1.14. The van der Waals surface area contributed by atoms with Crippen molar-refractivity contribution in [1.29, 1.82) is 0 Å². The number of ether oxygens (including phenoxy) is 3. The summed E-state index contributed by atoms with van der Waals surface area (Å²) >= 11 is 0. The molecule has 1 saturated carbocycles. The SMILES string of the molecule is NC(=O)c1cc(OCCc2ccccc2CNCC(O)COc2ccc(CCOCC3CC3)cc2)ccc1O. The highest BCUT2D eigenvalue weighted by Crippen LogP contribution is 2.28. The van der Waals surface area contributed by atoms with Crippen molar-refractivity contribution in [3.8, 4) is 17.2 Å². The average molecular weight is 535 g/mol. The van der Waals surface area contributed by atoms with Crippen LogP contribution in [0.5, 0.6) is 17.2 Å². The summed E-state index contributed by atoms with van der Waals surface area (Å²) in [6.45, 7) is 3.21. The normalized spacial score (nSPS) is 13.7. The van der Waals surface area contributed by atoms with E-state index in [1.165, 1.54) is 30.5 Å². The maximum Gasteiger partial charge on any atom is 0.252 e. The molecule has 0 saturated heterocycles. The van der Waals surface area contributed by atoms with Crippen LogP contribution in [0, 0.1) is 5.92 Å². The number of nitrogens with one attached hydrogen (secondary N) is 1. The predicted octanol–water partition coefficient (Wildman–Crippen LogP) is 3.61. The molecule has 39 heavy (non-hydrogen) atoms. The van der Waals surface area contributed by atoms with Crippen molar-refractivity contribution in [2.24, 2.45) is 11.7 Å². The maximum atomic E-state index is 11.4. The Morgan fingerprint density at radius 2 is 1.69 bits per heavy atom. The molecule has 5 N–H and O–H groups in total. The number of rotatable bonds is 17. The number of nitrogens with two attached hydrogens (primary N) is 1. The van der Waals surface area contributed by atoms with Crippen LogP contribution < -0.4 is 20.5 Å². The number of aromatic hydroxyl groups is 1. The highest BCUT2D eigenvalue weighted by Gasteiger charge is 2.20. The van der Waals surface area contributed by atoms with Gasteiger partial charge in [-0.1, -0.05) is 36.4 Å². The first-order valence-electron chi connectivity index (χ1n) is 13.5. The van der Waals surface area contributed by atoms with Gasteiger partial charge in [-0.3, -0.25) is 4.79 Å². The zero-order chi connectivity index (χ0) is 27.5. The highest BCUT2D eigenvalue weighted by atomic mass is 16.5. The summed E-state index contributed by atoms with van der Waals surface area (Å²) in [6.07, 6.45) is 3.51. The van der Waals surface area contributed by atoms with Crippen molar-refractivity contribution in [1.82, 2.24) is 5.32 Å². The molecule has 3 aromatic rings. The molecule has 0 aromatic heterocycles. The standard InChI is InChI=1S/C31H38N2O6/c32-31(36)29-17-28(11-12-30(29)35)38-16-14-24-3-1-2-4-25(24)18-33-19-26(34)21-39-27-9-7-22(8-10-27)13-15-37-20-23-5-6-23/h1-4,7-12,17,23,26,33-35H,5-6,13-16,18-21H2,(H2,32,36). The average Bonchev–Trinajstić information content (AvgIpc) is 3.77. The third kappa shape index (κ3) is 9.58. The summed E-state index contributed by atoms with van der Waals surface area (Å²) in [6, 6.07) is 20.4. The van der Waals surface area contributed by atoms with Gasteiger partial charge in [-0.05, 0) is 72.2 Å². The van der Waals surface area contributed by atoms with Crippen molar-refractivity contribution in [3.05, 3.63) is 89.0 Å². The van der Waals surface area contributed by atoms with E-state index in [9.17, 15) is 15.0 Å². The molecule has 1 amide bonds. The quantitative estimate of drug-likeness (QED) is 0.195. The molecule has 1 atom stereocenters. The molecule has 1 aliphatic rings. The fourth-order valence-electron chi connectivity index (χ4n) is 4.16. The molecule has 4 rings (SSSR count). The summed E-state index contributed by atoms with van der Waals surface area (Å²) < 4.78 is 17.2. The summed E-state index contributed by atoms with van der Waals surface area (Å²) in [5.74, 6) is 1.11. The lowest BCUT2D eigenvalue weighted by Crippen LogP contribution is -2.31. The second kappa shape index (κ2) is 14.5. The van der Waals surface area contributed by atoms with Gasteiger partial charge in [0.25, 0.3) is 5.91 Å². The topological polar surface area (TPSA) is 123 Å². The summed E-state index contributed by atoms with van der Waals surface area (Å²) in [5.41, 5.74) is 8.74. The fourth-order valence-corrected chi connectivity index (χ4v) is 4.16. The Morgan fingerprint density at radius 3 is 2.44 bits per heavy atom. The number of amides is 1. The Kier molecular flexibility index (Phi) is 10.6. The van der Waals surface area contributed by atoms with Crippen LogP contribution in [-0.4, -0.2) is 55.2 Å². The first-order chi connectivity index (χ1) is 19.0. The smallest absolute Gasteiger partial charge is 0.252 e. The first-order valence-corrected chi connectivity index (χ1v) is 13.5. The molecule has 0 bridgehead atoms. The lowest BCUT2D eigenvalue weighted by Gasteiger charge is -2.15. The van der Waals surface area contributed by atoms with Crippen molar-refractivity contribution >= 4 is 5.91 Å². The molecule has 208 valence electrons. The summed E-state index contributed by atoms with van der Waals surface area (Å²) in [4.78, 5) is 11.4. The van der Waals surface area contributed by atoms with Gasteiger partial charge in [-0.15, -0.1) is 0 Å². The largest absolute Gasteiger partial charge is 0.507 e. The van der Waals surface area contributed by atoms with Crippen LogP contribution in [0.15, 0.2) is 66.7 Å². The minimum absolute atomic E-state index is 0.0288. The number of primary amides is 1. The van der Waals surface area contributed by atoms with Gasteiger partial charge in [-0.25, -0.2) is 0 Å². The fraction of sp³-hybridized carbons (Fsp3) is 0.387.